The number of benzene rings is 2. The third kappa shape index (κ3) is 4.73. The SMILES string of the molecule is CC[C@@H](N)C(=O)N1[C@H](c2ccccc2)CC[C@@H]1C(CC)(CC)C(=O)OCc1ccccc1. The molecule has 1 aliphatic rings. The minimum Gasteiger partial charge on any atom is -0.460 e. The van der Waals surface area contributed by atoms with Crippen LogP contribution in [0, 0.1) is 5.41 Å². The van der Waals surface area contributed by atoms with E-state index in [0.717, 1.165) is 24.0 Å². The van der Waals surface area contributed by atoms with E-state index in [1.165, 1.54) is 0 Å². The van der Waals surface area contributed by atoms with Crippen LogP contribution in [0.4, 0.5) is 0 Å². The molecular formula is C27H36N2O3. The maximum atomic E-state index is 13.5. The van der Waals surface area contributed by atoms with E-state index in [4.69, 9.17) is 10.5 Å². The van der Waals surface area contributed by atoms with Crippen LogP contribution in [-0.4, -0.2) is 28.9 Å². The monoisotopic (exact) mass is 436 g/mol. The van der Waals surface area contributed by atoms with Gasteiger partial charge in [0.05, 0.1) is 17.5 Å². The zero-order valence-corrected chi connectivity index (χ0v) is 19.5. The Kier molecular flexibility index (Phi) is 8.08. The fourth-order valence-electron chi connectivity index (χ4n) is 5.04. The van der Waals surface area contributed by atoms with Crippen LogP contribution in [0.15, 0.2) is 60.7 Å². The van der Waals surface area contributed by atoms with Crippen molar-refractivity contribution in [3.63, 3.8) is 0 Å². The van der Waals surface area contributed by atoms with E-state index < -0.39 is 11.5 Å². The summed E-state index contributed by atoms with van der Waals surface area (Å²) in [6.07, 6.45) is 3.34. The molecule has 0 bridgehead atoms. The van der Waals surface area contributed by atoms with Gasteiger partial charge in [-0.25, -0.2) is 0 Å². The molecule has 5 heteroatoms. The highest BCUT2D eigenvalue weighted by Crippen LogP contribution is 2.47. The van der Waals surface area contributed by atoms with Crippen molar-refractivity contribution in [3.8, 4) is 0 Å². The number of amides is 1. The number of carbonyl (C=O) groups is 2. The van der Waals surface area contributed by atoms with E-state index in [0.29, 0.717) is 19.3 Å². The summed E-state index contributed by atoms with van der Waals surface area (Å²) < 4.78 is 5.84. The van der Waals surface area contributed by atoms with Crippen LogP contribution in [0.25, 0.3) is 0 Å². The van der Waals surface area contributed by atoms with E-state index in [2.05, 4.69) is 12.1 Å². The van der Waals surface area contributed by atoms with Crippen molar-refractivity contribution in [3.05, 3.63) is 71.8 Å². The average Bonchev–Trinajstić information content (AvgIpc) is 3.29. The van der Waals surface area contributed by atoms with Gasteiger partial charge in [0.25, 0.3) is 0 Å². The molecule has 2 N–H and O–H groups in total. The summed E-state index contributed by atoms with van der Waals surface area (Å²) in [5.41, 5.74) is 7.51. The number of ether oxygens (including phenoxy) is 1. The number of esters is 1. The summed E-state index contributed by atoms with van der Waals surface area (Å²) in [6, 6.07) is 18.9. The minimum atomic E-state index is -0.762. The Morgan fingerprint density at radius 1 is 1.00 bits per heavy atom. The van der Waals surface area contributed by atoms with Crippen LogP contribution >= 0.6 is 0 Å². The normalized spacial score (nSPS) is 19.6. The molecule has 0 spiro atoms. The molecular weight excluding hydrogens is 400 g/mol. The molecule has 3 atom stereocenters. The second kappa shape index (κ2) is 10.8. The van der Waals surface area contributed by atoms with Gasteiger partial charge < -0.3 is 15.4 Å². The largest absolute Gasteiger partial charge is 0.460 e. The number of rotatable bonds is 9. The zero-order chi connectivity index (χ0) is 23.1. The Hall–Kier alpha value is -2.66. The molecule has 1 saturated heterocycles. The quantitative estimate of drug-likeness (QED) is 0.561. The summed E-state index contributed by atoms with van der Waals surface area (Å²) in [7, 11) is 0. The molecule has 0 aliphatic carbocycles. The van der Waals surface area contributed by atoms with Gasteiger partial charge in [-0.1, -0.05) is 81.4 Å². The van der Waals surface area contributed by atoms with Gasteiger partial charge in [0.2, 0.25) is 5.91 Å². The molecule has 1 amide bonds. The van der Waals surface area contributed by atoms with Crippen molar-refractivity contribution in [2.24, 2.45) is 11.1 Å². The van der Waals surface area contributed by atoms with Gasteiger partial charge >= 0.3 is 5.97 Å². The first-order chi connectivity index (χ1) is 15.5. The van der Waals surface area contributed by atoms with E-state index >= 15 is 0 Å². The molecule has 5 nitrogen and oxygen atoms in total. The third-order valence-corrected chi connectivity index (χ3v) is 7.10. The molecule has 2 aromatic rings. The maximum Gasteiger partial charge on any atom is 0.314 e. The molecule has 0 radical (unpaired) electrons. The smallest absolute Gasteiger partial charge is 0.314 e. The average molecular weight is 437 g/mol. The Bertz CT molecular complexity index is 880. The van der Waals surface area contributed by atoms with E-state index in [-0.39, 0.29) is 30.6 Å². The Balaban J connectivity index is 1.93. The lowest BCUT2D eigenvalue weighted by Crippen LogP contribution is -2.55. The predicted octanol–water partition coefficient (Wildman–Crippen LogP) is 5.01. The Morgan fingerprint density at radius 2 is 1.59 bits per heavy atom. The van der Waals surface area contributed by atoms with Gasteiger partial charge in [0.1, 0.15) is 6.61 Å². The number of likely N-dealkylation sites (tertiary alicyclic amines) is 1. The van der Waals surface area contributed by atoms with Crippen LogP contribution in [0.3, 0.4) is 0 Å². The van der Waals surface area contributed by atoms with E-state index in [1.807, 2.05) is 74.2 Å². The Labute approximate surface area is 191 Å². The van der Waals surface area contributed by atoms with Gasteiger partial charge in [-0.2, -0.15) is 0 Å². The summed E-state index contributed by atoms with van der Waals surface area (Å²) in [5, 5.41) is 0. The molecule has 172 valence electrons. The second-order valence-electron chi connectivity index (χ2n) is 8.70. The fourth-order valence-corrected chi connectivity index (χ4v) is 5.04. The molecule has 0 aromatic heterocycles. The van der Waals surface area contributed by atoms with Crippen molar-refractivity contribution in [2.45, 2.75) is 77.6 Å². The van der Waals surface area contributed by atoms with Gasteiger partial charge in [0, 0.05) is 6.04 Å². The van der Waals surface area contributed by atoms with Crippen LogP contribution in [-0.2, 0) is 20.9 Å². The van der Waals surface area contributed by atoms with Crippen LogP contribution < -0.4 is 5.73 Å². The maximum absolute atomic E-state index is 13.5. The van der Waals surface area contributed by atoms with Crippen molar-refractivity contribution in [1.82, 2.24) is 4.90 Å². The number of carbonyl (C=O) groups excluding carboxylic acids is 2. The lowest BCUT2D eigenvalue weighted by atomic mass is 9.74. The number of nitrogens with zero attached hydrogens (tertiary/aromatic N) is 1. The zero-order valence-electron chi connectivity index (χ0n) is 19.5. The first-order valence-corrected chi connectivity index (χ1v) is 11.8. The summed E-state index contributed by atoms with van der Waals surface area (Å²) in [5.74, 6) is -0.307. The summed E-state index contributed by atoms with van der Waals surface area (Å²) in [4.78, 5) is 29.0. The highest BCUT2D eigenvalue weighted by molar-refractivity contribution is 5.85. The summed E-state index contributed by atoms with van der Waals surface area (Å²) in [6.45, 7) is 6.20. The standard InChI is InChI=1S/C27H36N2O3/c1-4-22(28)25(30)29-23(21-15-11-8-12-16-21)17-18-24(29)27(5-2,6-3)26(31)32-19-20-13-9-7-10-14-20/h7-16,22-24H,4-6,17-19,28H2,1-3H3/t22-,23+,24-/m1/s1. The first-order valence-electron chi connectivity index (χ1n) is 11.8. The topological polar surface area (TPSA) is 72.6 Å². The highest BCUT2D eigenvalue weighted by atomic mass is 16.5. The fraction of sp³-hybridized carbons (Fsp3) is 0.481. The predicted molar refractivity (Wildman–Crippen MR) is 127 cm³/mol. The lowest BCUT2D eigenvalue weighted by molar-refractivity contribution is -0.164. The van der Waals surface area contributed by atoms with Gasteiger partial charge in [0.15, 0.2) is 0 Å². The first kappa shape index (κ1) is 24.0. The molecule has 1 heterocycles. The highest BCUT2D eigenvalue weighted by Gasteiger charge is 2.53. The van der Waals surface area contributed by atoms with Crippen molar-refractivity contribution in [1.29, 1.82) is 0 Å². The van der Waals surface area contributed by atoms with Crippen molar-refractivity contribution < 1.29 is 14.3 Å². The number of hydrogen-bond acceptors (Lipinski definition) is 4. The molecule has 0 saturated carbocycles. The van der Waals surface area contributed by atoms with E-state index in [1.54, 1.807) is 0 Å². The van der Waals surface area contributed by atoms with Crippen LogP contribution in [0.2, 0.25) is 0 Å². The molecule has 3 rings (SSSR count). The molecule has 0 unspecified atom stereocenters. The minimum absolute atomic E-state index is 0.0778. The van der Waals surface area contributed by atoms with Gasteiger partial charge in [-0.05, 0) is 43.2 Å². The lowest BCUT2D eigenvalue weighted by Gasteiger charge is -2.42. The molecule has 2 aromatic carbocycles. The van der Waals surface area contributed by atoms with Crippen molar-refractivity contribution in [2.75, 3.05) is 0 Å². The van der Waals surface area contributed by atoms with Crippen LogP contribution in [0.5, 0.6) is 0 Å². The molecule has 32 heavy (non-hydrogen) atoms. The molecule has 1 fully saturated rings. The van der Waals surface area contributed by atoms with Gasteiger partial charge in [-0.15, -0.1) is 0 Å². The van der Waals surface area contributed by atoms with Gasteiger partial charge in [-0.3, -0.25) is 9.59 Å². The Morgan fingerprint density at radius 3 is 2.16 bits per heavy atom. The third-order valence-electron chi connectivity index (χ3n) is 7.10. The van der Waals surface area contributed by atoms with E-state index in [9.17, 15) is 9.59 Å². The summed E-state index contributed by atoms with van der Waals surface area (Å²) >= 11 is 0. The van der Waals surface area contributed by atoms with Crippen molar-refractivity contribution >= 4 is 11.9 Å². The number of hydrogen-bond donors (Lipinski definition) is 1. The molecule has 1 aliphatic heterocycles. The number of nitrogens with two attached hydrogens (primary N) is 1. The van der Waals surface area contributed by atoms with Crippen LogP contribution in [0.1, 0.15) is 70.0 Å². The second-order valence-corrected chi connectivity index (χ2v) is 8.70.